The molecular formula is C7H12Br2O3. The summed E-state index contributed by atoms with van der Waals surface area (Å²) in [7, 11) is 1.54. The molecule has 0 spiro atoms. The molecule has 0 bridgehead atoms. The van der Waals surface area contributed by atoms with E-state index < -0.39 is 0 Å². The van der Waals surface area contributed by atoms with E-state index in [1.165, 1.54) is 6.92 Å². The van der Waals surface area contributed by atoms with Crippen LogP contribution in [0.2, 0.25) is 0 Å². The van der Waals surface area contributed by atoms with E-state index in [0.717, 1.165) is 0 Å². The minimum Gasteiger partial charge on any atom is -0.359 e. The Hall–Kier alpha value is 0.550. The predicted octanol–water partition coefficient (Wildman–Crippen LogP) is 1.72. The number of hydrogen-bond acceptors (Lipinski definition) is 3. The lowest BCUT2D eigenvalue weighted by Crippen LogP contribution is -2.31. The van der Waals surface area contributed by atoms with E-state index in [1.807, 2.05) is 0 Å². The highest BCUT2D eigenvalue weighted by Gasteiger charge is 2.22. The summed E-state index contributed by atoms with van der Waals surface area (Å²) < 4.78 is 9.96. The van der Waals surface area contributed by atoms with Crippen molar-refractivity contribution in [3.05, 3.63) is 0 Å². The molecule has 0 aliphatic heterocycles. The van der Waals surface area contributed by atoms with Crippen LogP contribution in [0.4, 0.5) is 0 Å². The molecule has 0 fully saturated rings. The molecule has 0 aliphatic rings. The van der Waals surface area contributed by atoms with E-state index in [9.17, 15) is 4.79 Å². The van der Waals surface area contributed by atoms with Crippen molar-refractivity contribution < 1.29 is 14.3 Å². The van der Waals surface area contributed by atoms with Crippen molar-refractivity contribution in [2.24, 2.45) is 0 Å². The maximum atomic E-state index is 10.9. The number of methoxy groups -OCH3 is 1. The maximum Gasteiger partial charge on any atom is 0.146 e. The van der Waals surface area contributed by atoms with Crippen molar-refractivity contribution >= 4 is 37.6 Å². The van der Waals surface area contributed by atoms with E-state index in [2.05, 4.69) is 31.9 Å². The fourth-order valence-corrected chi connectivity index (χ4v) is 2.03. The second-order valence-corrected chi connectivity index (χ2v) is 3.91. The average molecular weight is 304 g/mol. The highest BCUT2D eigenvalue weighted by molar-refractivity contribution is 9.10. The summed E-state index contributed by atoms with van der Waals surface area (Å²) in [6, 6.07) is 0. The fourth-order valence-electron chi connectivity index (χ4n) is 0.624. The molecule has 0 aliphatic carbocycles. The summed E-state index contributed by atoms with van der Waals surface area (Å²) in [5, 5.41) is 0.603. The molecule has 2 atom stereocenters. The Bertz CT molecular complexity index is 141. The Kier molecular flexibility index (Phi) is 7.32. The fraction of sp³-hybridized carbons (Fsp3) is 0.857. The van der Waals surface area contributed by atoms with Crippen molar-refractivity contribution in [3.63, 3.8) is 0 Å². The number of halogens is 2. The molecule has 72 valence electrons. The third kappa shape index (κ3) is 4.54. The molecule has 0 amide bonds. The van der Waals surface area contributed by atoms with E-state index in [1.54, 1.807) is 7.11 Å². The van der Waals surface area contributed by atoms with Crippen LogP contribution < -0.4 is 0 Å². The summed E-state index contributed by atoms with van der Waals surface area (Å²) in [6.45, 7) is 1.72. The Morgan fingerprint density at radius 1 is 1.58 bits per heavy atom. The monoisotopic (exact) mass is 302 g/mol. The van der Waals surface area contributed by atoms with Crippen molar-refractivity contribution in [3.8, 4) is 0 Å². The van der Waals surface area contributed by atoms with Gasteiger partial charge in [-0.05, 0) is 6.92 Å². The van der Waals surface area contributed by atoms with Gasteiger partial charge in [-0.3, -0.25) is 4.79 Å². The van der Waals surface area contributed by atoms with Gasteiger partial charge < -0.3 is 9.47 Å². The second-order valence-electron chi connectivity index (χ2n) is 2.28. The molecular weight excluding hydrogens is 292 g/mol. The van der Waals surface area contributed by atoms with Crippen LogP contribution in [0.25, 0.3) is 0 Å². The zero-order chi connectivity index (χ0) is 9.56. The Morgan fingerprint density at radius 2 is 2.17 bits per heavy atom. The zero-order valence-corrected chi connectivity index (χ0v) is 10.2. The lowest BCUT2D eigenvalue weighted by molar-refractivity contribution is -0.121. The third-order valence-corrected chi connectivity index (χ3v) is 3.14. The smallest absolute Gasteiger partial charge is 0.146 e. The molecule has 0 rings (SSSR count). The predicted molar refractivity (Wildman–Crippen MR) is 53.9 cm³/mol. The van der Waals surface area contributed by atoms with Crippen LogP contribution in [0.3, 0.4) is 0 Å². The molecule has 0 aromatic carbocycles. The van der Waals surface area contributed by atoms with Gasteiger partial charge in [0.1, 0.15) is 12.6 Å². The Balaban J connectivity index is 3.87. The number of rotatable bonds is 6. The second kappa shape index (κ2) is 7.00. The number of carbonyl (C=O) groups excluding carboxylic acids is 1. The molecule has 0 aromatic rings. The van der Waals surface area contributed by atoms with Gasteiger partial charge in [0.15, 0.2) is 0 Å². The molecule has 0 saturated carbocycles. The van der Waals surface area contributed by atoms with Crippen LogP contribution >= 0.6 is 31.9 Å². The van der Waals surface area contributed by atoms with Crippen molar-refractivity contribution in [2.75, 3.05) is 19.2 Å². The number of ether oxygens (including phenoxy) is 2. The van der Waals surface area contributed by atoms with Gasteiger partial charge in [-0.25, -0.2) is 0 Å². The van der Waals surface area contributed by atoms with Gasteiger partial charge in [0, 0.05) is 12.4 Å². The van der Waals surface area contributed by atoms with Gasteiger partial charge in [0.2, 0.25) is 0 Å². The van der Waals surface area contributed by atoms with Gasteiger partial charge in [-0.1, -0.05) is 31.9 Å². The average Bonchev–Trinajstić information content (AvgIpc) is 2.05. The van der Waals surface area contributed by atoms with Gasteiger partial charge in [-0.2, -0.15) is 0 Å². The summed E-state index contributed by atoms with van der Waals surface area (Å²) in [5.74, 6) is 0.0514. The van der Waals surface area contributed by atoms with Crippen molar-refractivity contribution in [1.82, 2.24) is 0 Å². The minimum absolute atomic E-state index is 0.0514. The van der Waals surface area contributed by atoms with Crippen LogP contribution in [-0.4, -0.2) is 35.9 Å². The van der Waals surface area contributed by atoms with Crippen LogP contribution in [-0.2, 0) is 14.3 Å². The first kappa shape index (κ1) is 12.6. The molecule has 12 heavy (non-hydrogen) atoms. The zero-order valence-electron chi connectivity index (χ0n) is 7.05. The number of alkyl halides is 2. The molecule has 0 N–H and O–H groups in total. The van der Waals surface area contributed by atoms with Crippen molar-refractivity contribution in [2.45, 2.75) is 17.9 Å². The standard InChI is InChI=1S/C7H12Br2O3/c1-5(10)7(9)6(3-8)12-4-11-2/h6-7H,3-4H2,1-2H3/t6-,7+/m0/s1. The van der Waals surface area contributed by atoms with E-state index in [4.69, 9.17) is 9.47 Å². The summed E-state index contributed by atoms with van der Waals surface area (Å²) in [6.07, 6.45) is -0.178. The van der Waals surface area contributed by atoms with E-state index >= 15 is 0 Å². The molecule has 0 heterocycles. The molecule has 0 radical (unpaired) electrons. The normalized spacial score (nSPS) is 15.7. The van der Waals surface area contributed by atoms with Crippen LogP contribution in [0.1, 0.15) is 6.92 Å². The quantitative estimate of drug-likeness (QED) is 0.554. The largest absolute Gasteiger partial charge is 0.359 e. The van der Waals surface area contributed by atoms with Crippen molar-refractivity contribution in [1.29, 1.82) is 0 Å². The van der Waals surface area contributed by atoms with E-state index in [-0.39, 0.29) is 23.5 Å². The summed E-state index contributed by atoms with van der Waals surface area (Å²) in [5.41, 5.74) is 0. The number of hydrogen-bond donors (Lipinski definition) is 0. The topological polar surface area (TPSA) is 35.5 Å². The molecule has 5 heteroatoms. The highest BCUT2D eigenvalue weighted by atomic mass is 79.9. The molecule has 0 aromatic heterocycles. The Labute approximate surface area is 89.1 Å². The van der Waals surface area contributed by atoms with E-state index in [0.29, 0.717) is 5.33 Å². The SMILES string of the molecule is COCO[C@@H](CBr)[C@H](Br)C(C)=O. The van der Waals surface area contributed by atoms with Gasteiger partial charge in [0.25, 0.3) is 0 Å². The molecule has 3 nitrogen and oxygen atoms in total. The molecule has 0 unspecified atom stereocenters. The lowest BCUT2D eigenvalue weighted by Gasteiger charge is -2.18. The van der Waals surface area contributed by atoms with Crippen LogP contribution in [0.5, 0.6) is 0 Å². The first-order chi connectivity index (χ1) is 5.63. The lowest BCUT2D eigenvalue weighted by atomic mass is 10.2. The first-order valence-corrected chi connectivity index (χ1v) is 5.48. The van der Waals surface area contributed by atoms with Gasteiger partial charge >= 0.3 is 0 Å². The third-order valence-electron chi connectivity index (χ3n) is 1.27. The van der Waals surface area contributed by atoms with Gasteiger partial charge in [0.05, 0.1) is 10.9 Å². The first-order valence-electron chi connectivity index (χ1n) is 3.44. The number of carbonyl (C=O) groups is 1. The van der Waals surface area contributed by atoms with Gasteiger partial charge in [-0.15, -0.1) is 0 Å². The number of ketones is 1. The Morgan fingerprint density at radius 3 is 2.50 bits per heavy atom. The number of Topliss-reactive ketones (excluding diaryl/α,β-unsaturated/α-hetero) is 1. The summed E-state index contributed by atoms with van der Waals surface area (Å²) in [4.78, 5) is 10.6. The molecule has 0 saturated heterocycles. The minimum atomic E-state index is -0.271. The maximum absolute atomic E-state index is 10.9. The summed E-state index contributed by atoms with van der Waals surface area (Å²) >= 11 is 6.49. The highest BCUT2D eigenvalue weighted by Crippen LogP contribution is 2.13. The van der Waals surface area contributed by atoms with Crippen LogP contribution in [0, 0.1) is 0 Å². The van der Waals surface area contributed by atoms with Crippen LogP contribution in [0.15, 0.2) is 0 Å².